The van der Waals surface area contributed by atoms with Crippen LogP contribution in [-0.2, 0) is 32.5 Å². The second-order valence-electron chi connectivity index (χ2n) is 16.7. The first-order valence-electron chi connectivity index (χ1n) is 16.4. The molecule has 230 valence electrons. The summed E-state index contributed by atoms with van der Waals surface area (Å²) in [7, 11) is 0. The van der Waals surface area contributed by atoms with Crippen molar-refractivity contribution in [1.29, 1.82) is 0 Å². The molecule has 2 aromatic rings. The molecule has 2 fully saturated rings. The van der Waals surface area contributed by atoms with Gasteiger partial charge in [0.1, 0.15) is 6.10 Å². The molecular formula is C37H47NO5. The smallest absolute Gasteiger partial charge is 0.187 e. The SMILES string of the molecule is CC1(C)C=C2c3cc4[nH]c5c(c4cc3C[C@@H]2C(C)(C)O1)C[C@@H]1CC[C@@]2(O)C3=CC(=O)[C@@H](C(C)(C)O)O[C@H]3CC[C@]2(C)[C@@]51C. The number of hydrogen-bond donors (Lipinski definition) is 3. The van der Waals surface area contributed by atoms with Gasteiger partial charge in [0.15, 0.2) is 5.78 Å². The first kappa shape index (κ1) is 28.2. The van der Waals surface area contributed by atoms with Gasteiger partial charge in [0.25, 0.3) is 0 Å². The highest BCUT2D eigenvalue weighted by Crippen LogP contribution is 2.69. The molecule has 1 aromatic heterocycles. The Morgan fingerprint density at radius 2 is 1.77 bits per heavy atom. The summed E-state index contributed by atoms with van der Waals surface area (Å²) in [5.74, 6) is 0.517. The first-order valence-corrected chi connectivity index (χ1v) is 16.4. The molecule has 2 saturated carbocycles. The van der Waals surface area contributed by atoms with Crippen LogP contribution in [0.4, 0.5) is 0 Å². The fourth-order valence-electron chi connectivity index (χ4n) is 10.9. The fraction of sp³-hybridized carbons (Fsp3) is 0.649. The van der Waals surface area contributed by atoms with Gasteiger partial charge in [-0.15, -0.1) is 0 Å². The molecular weight excluding hydrogens is 538 g/mol. The molecule has 3 heterocycles. The summed E-state index contributed by atoms with van der Waals surface area (Å²) in [5, 5.41) is 24.7. The van der Waals surface area contributed by atoms with Gasteiger partial charge in [-0.1, -0.05) is 13.8 Å². The van der Waals surface area contributed by atoms with Gasteiger partial charge >= 0.3 is 0 Å². The highest BCUT2D eigenvalue weighted by Gasteiger charge is 2.70. The lowest BCUT2D eigenvalue weighted by Gasteiger charge is -2.64. The van der Waals surface area contributed by atoms with Crippen LogP contribution in [0.5, 0.6) is 0 Å². The van der Waals surface area contributed by atoms with E-state index in [-0.39, 0.29) is 28.5 Å². The Balaban J connectivity index is 1.23. The third-order valence-electron chi connectivity index (χ3n) is 13.0. The molecule has 7 atom stereocenters. The maximum atomic E-state index is 13.2. The molecule has 0 bridgehead atoms. The van der Waals surface area contributed by atoms with Gasteiger partial charge in [-0.2, -0.15) is 0 Å². The average Bonchev–Trinajstić information content (AvgIpc) is 3.52. The van der Waals surface area contributed by atoms with E-state index in [2.05, 4.69) is 64.7 Å². The van der Waals surface area contributed by atoms with Gasteiger partial charge in [-0.05, 0) is 138 Å². The molecule has 3 N–H and O–H groups in total. The molecule has 4 aliphatic carbocycles. The van der Waals surface area contributed by atoms with Gasteiger partial charge in [-0.3, -0.25) is 4.79 Å². The van der Waals surface area contributed by atoms with Crippen molar-refractivity contribution in [3.8, 4) is 0 Å². The summed E-state index contributed by atoms with van der Waals surface area (Å²) in [4.78, 5) is 17.2. The lowest BCUT2D eigenvalue weighted by atomic mass is 9.42. The van der Waals surface area contributed by atoms with E-state index in [4.69, 9.17) is 9.47 Å². The minimum absolute atomic E-state index is 0.228. The quantitative estimate of drug-likeness (QED) is 0.376. The van der Waals surface area contributed by atoms with Crippen LogP contribution in [-0.4, -0.2) is 55.6 Å². The van der Waals surface area contributed by atoms with E-state index in [1.54, 1.807) is 19.9 Å². The van der Waals surface area contributed by atoms with Crippen molar-refractivity contribution in [2.24, 2.45) is 17.3 Å². The van der Waals surface area contributed by atoms with Crippen molar-refractivity contribution in [2.75, 3.05) is 0 Å². The fourth-order valence-corrected chi connectivity index (χ4v) is 10.9. The minimum Gasteiger partial charge on any atom is -0.387 e. The molecule has 0 unspecified atom stereocenters. The minimum atomic E-state index is -1.27. The summed E-state index contributed by atoms with van der Waals surface area (Å²) >= 11 is 0. The standard InChI is InChI=1S/C37H47NO5/c1-32(2)18-24-21-16-27-22(13-19(21)14-25(24)34(5,6)43-32)23-15-20-9-12-37(41)26-17-28(39)31(33(3,4)40)42-29(26)10-11-35(37,7)36(20,8)30(23)38-27/h13,16-18,20,25,29,31,38,40-41H,9-12,14-15H2,1-8H3/t20-,25-,29-,31-,35+,36+,37+/m0/s1. The Labute approximate surface area is 254 Å². The highest BCUT2D eigenvalue weighted by atomic mass is 16.5. The number of ether oxygens (including phenoxy) is 2. The molecule has 0 spiro atoms. The summed E-state index contributed by atoms with van der Waals surface area (Å²) in [6.07, 6.45) is 7.72. The van der Waals surface area contributed by atoms with Gasteiger partial charge in [0.05, 0.1) is 28.5 Å². The normalized spacial score (nSPS) is 40.6. The van der Waals surface area contributed by atoms with Crippen molar-refractivity contribution in [2.45, 2.75) is 134 Å². The second kappa shape index (κ2) is 8.12. The maximum Gasteiger partial charge on any atom is 0.187 e. The Morgan fingerprint density at radius 1 is 1.02 bits per heavy atom. The van der Waals surface area contributed by atoms with Gasteiger partial charge in [-0.25, -0.2) is 0 Å². The summed E-state index contributed by atoms with van der Waals surface area (Å²) < 4.78 is 12.8. The first-order chi connectivity index (χ1) is 19.9. The Kier molecular flexibility index (Phi) is 5.33. The number of aromatic nitrogens is 1. The van der Waals surface area contributed by atoms with E-state index in [0.717, 1.165) is 37.7 Å². The molecule has 43 heavy (non-hydrogen) atoms. The third kappa shape index (κ3) is 3.42. The van der Waals surface area contributed by atoms with Crippen molar-refractivity contribution in [3.63, 3.8) is 0 Å². The number of nitrogens with one attached hydrogen (secondary N) is 1. The van der Waals surface area contributed by atoms with Crippen LogP contribution >= 0.6 is 0 Å². The number of carbonyl (C=O) groups excluding carboxylic acids is 1. The van der Waals surface area contributed by atoms with Crippen LogP contribution in [0.1, 0.15) is 103 Å². The van der Waals surface area contributed by atoms with Gasteiger partial charge in [0, 0.05) is 33.3 Å². The largest absolute Gasteiger partial charge is 0.387 e. The number of carbonyl (C=O) groups is 1. The molecule has 1 aromatic carbocycles. The number of fused-ring (bicyclic) bond motifs is 12. The average molecular weight is 586 g/mol. The molecule has 6 nitrogen and oxygen atoms in total. The molecule has 6 heteroatoms. The van der Waals surface area contributed by atoms with Crippen molar-refractivity contribution in [1.82, 2.24) is 4.98 Å². The predicted octanol–water partition coefficient (Wildman–Crippen LogP) is 6.10. The van der Waals surface area contributed by atoms with E-state index in [9.17, 15) is 15.0 Å². The zero-order chi connectivity index (χ0) is 30.7. The van der Waals surface area contributed by atoms with Crippen LogP contribution in [0.25, 0.3) is 16.5 Å². The van der Waals surface area contributed by atoms with Crippen molar-refractivity contribution in [3.05, 3.63) is 52.2 Å². The topological polar surface area (TPSA) is 91.8 Å². The summed E-state index contributed by atoms with van der Waals surface area (Å²) in [6, 6.07) is 4.83. The van der Waals surface area contributed by atoms with E-state index in [0.29, 0.717) is 18.3 Å². The Bertz CT molecular complexity index is 1670. The van der Waals surface area contributed by atoms with Crippen LogP contribution in [0, 0.1) is 17.3 Å². The van der Waals surface area contributed by atoms with Gasteiger partial charge in [0.2, 0.25) is 0 Å². The summed E-state index contributed by atoms with van der Waals surface area (Å²) in [6.45, 7) is 16.6. The number of aromatic amines is 1. The Hall–Kier alpha value is -2.25. The number of ketones is 1. The predicted molar refractivity (Wildman–Crippen MR) is 167 cm³/mol. The molecule has 0 saturated heterocycles. The van der Waals surface area contributed by atoms with E-state index in [1.165, 1.54) is 38.9 Å². The van der Waals surface area contributed by atoms with Crippen LogP contribution < -0.4 is 0 Å². The van der Waals surface area contributed by atoms with Gasteiger partial charge < -0.3 is 24.7 Å². The van der Waals surface area contributed by atoms with Crippen molar-refractivity contribution < 1.29 is 24.5 Å². The molecule has 8 rings (SSSR count). The van der Waals surface area contributed by atoms with E-state index in [1.807, 2.05) is 0 Å². The lowest BCUT2D eigenvalue weighted by molar-refractivity contribution is -0.195. The molecule has 2 aliphatic heterocycles. The van der Waals surface area contributed by atoms with E-state index < -0.39 is 22.7 Å². The second-order valence-corrected chi connectivity index (χ2v) is 16.7. The third-order valence-corrected chi connectivity index (χ3v) is 13.0. The zero-order valence-corrected chi connectivity index (χ0v) is 27.0. The van der Waals surface area contributed by atoms with Crippen LogP contribution in [0.2, 0.25) is 0 Å². The maximum absolute atomic E-state index is 13.2. The van der Waals surface area contributed by atoms with Crippen LogP contribution in [0.15, 0.2) is 29.9 Å². The number of benzene rings is 1. The summed E-state index contributed by atoms with van der Waals surface area (Å²) in [5.41, 5.74) is 5.02. The number of aliphatic hydroxyl groups is 2. The van der Waals surface area contributed by atoms with Crippen LogP contribution in [0.3, 0.4) is 0 Å². The monoisotopic (exact) mass is 585 g/mol. The lowest BCUT2D eigenvalue weighted by Crippen LogP contribution is -2.68. The Morgan fingerprint density at radius 3 is 2.49 bits per heavy atom. The highest BCUT2D eigenvalue weighted by molar-refractivity contribution is 5.96. The molecule has 6 aliphatic rings. The number of rotatable bonds is 1. The molecule has 0 radical (unpaired) electrons. The number of hydrogen-bond acceptors (Lipinski definition) is 5. The van der Waals surface area contributed by atoms with Crippen molar-refractivity contribution >= 4 is 22.3 Å². The zero-order valence-electron chi connectivity index (χ0n) is 27.0. The number of H-pyrrole nitrogens is 1. The molecule has 0 amide bonds. The van der Waals surface area contributed by atoms with E-state index >= 15 is 0 Å².